The van der Waals surface area contributed by atoms with Crippen LogP contribution in [-0.2, 0) is 35.5 Å². The summed E-state index contributed by atoms with van der Waals surface area (Å²) in [6.45, 7) is 0.129. The van der Waals surface area contributed by atoms with Crippen molar-refractivity contribution in [2.75, 3.05) is 6.79 Å². The summed E-state index contributed by atoms with van der Waals surface area (Å²) >= 11 is 0. The summed E-state index contributed by atoms with van der Waals surface area (Å²) in [4.78, 5) is 23.6. The van der Waals surface area contributed by atoms with Gasteiger partial charge < -0.3 is 14.2 Å². The van der Waals surface area contributed by atoms with Crippen LogP contribution in [0.15, 0.2) is 66.7 Å². The van der Waals surface area contributed by atoms with E-state index in [2.05, 4.69) is 12.1 Å². The zero-order valence-electron chi connectivity index (χ0n) is 16.8. The summed E-state index contributed by atoms with van der Waals surface area (Å²) in [5.41, 5.74) is 3.48. The number of hydrogen-bond donors (Lipinski definition) is 0. The molecule has 0 unspecified atom stereocenters. The standard InChI is InChI=1S/C24H21NO6/c26-24(22-9-5-4-8-18(22)11-10-17-6-2-1-3-7-17)30-15-20-13-21(25(27)28)12-19-14-29-16-31-23(19)20/h1-9,12-13H,10-11,14-16H2. The van der Waals surface area contributed by atoms with Crippen molar-refractivity contribution in [3.63, 3.8) is 0 Å². The predicted octanol–water partition coefficient (Wildman–Crippen LogP) is 4.60. The zero-order valence-corrected chi connectivity index (χ0v) is 16.8. The molecule has 0 amide bonds. The third kappa shape index (κ3) is 4.90. The highest BCUT2D eigenvalue weighted by molar-refractivity contribution is 5.91. The SMILES string of the molecule is O=C(OCc1cc([N+](=O)[O-])cc2c1OCOC2)c1ccccc1CCc1ccccc1. The second-order valence-corrected chi connectivity index (χ2v) is 7.18. The Morgan fingerprint density at radius 1 is 1.00 bits per heavy atom. The van der Waals surface area contributed by atoms with Crippen LogP contribution in [-0.4, -0.2) is 17.7 Å². The summed E-state index contributed by atoms with van der Waals surface area (Å²) in [5, 5.41) is 11.2. The van der Waals surface area contributed by atoms with Crippen molar-refractivity contribution < 1.29 is 23.9 Å². The molecule has 1 aliphatic rings. The van der Waals surface area contributed by atoms with Gasteiger partial charge in [-0.2, -0.15) is 0 Å². The van der Waals surface area contributed by atoms with Gasteiger partial charge in [-0.15, -0.1) is 0 Å². The second kappa shape index (κ2) is 9.40. The number of hydrogen-bond acceptors (Lipinski definition) is 6. The molecule has 4 rings (SSSR count). The third-order valence-electron chi connectivity index (χ3n) is 5.10. The van der Waals surface area contributed by atoms with Gasteiger partial charge in [0.1, 0.15) is 12.4 Å². The maximum absolute atomic E-state index is 12.8. The molecule has 0 fully saturated rings. The number of nitro groups is 1. The molecule has 0 aliphatic carbocycles. The van der Waals surface area contributed by atoms with E-state index in [4.69, 9.17) is 14.2 Å². The van der Waals surface area contributed by atoms with Gasteiger partial charge in [-0.1, -0.05) is 48.5 Å². The lowest BCUT2D eigenvalue weighted by Gasteiger charge is -2.20. The molecule has 0 spiro atoms. The quantitative estimate of drug-likeness (QED) is 0.316. The molecule has 0 saturated heterocycles. The van der Waals surface area contributed by atoms with Gasteiger partial charge in [0.15, 0.2) is 6.79 Å². The van der Waals surface area contributed by atoms with Crippen LogP contribution < -0.4 is 4.74 Å². The van der Waals surface area contributed by atoms with Gasteiger partial charge in [-0.3, -0.25) is 10.1 Å². The fourth-order valence-electron chi connectivity index (χ4n) is 3.58. The largest absolute Gasteiger partial charge is 0.467 e. The number of nitro benzene ring substituents is 1. The van der Waals surface area contributed by atoms with Gasteiger partial charge in [0, 0.05) is 23.3 Å². The topological polar surface area (TPSA) is 87.9 Å². The summed E-state index contributed by atoms with van der Waals surface area (Å²) in [7, 11) is 0. The van der Waals surface area contributed by atoms with Crippen molar-refractivity contribution in [2.24, 2.45) is 0 Å². The van der Waals surface area contributed by atoms with Gasteiger partial charge in [0.05, 0.1) is 17.1 Å². The number of rotatable bonds is 7. The number of ether oxygens (including phenoxy) is 3. The Bertz CT molecular complexity index is 1100. The molecule has 0 radical (unpaired) electrons. The molecule has 0 aromatic heterocycles. The molecule has 0 atom stereocenters. The van der Waals surface area contributed by atoms with Crippen LogP contribution in [0, 0.1) is 10.1 Å². The van der Waals surface area contributed by atoms with E-state index in [-0.39, 0.29) is 25.7 Å². The maximum Gasteiger partial charge on any atom is 0.338 e. The summed E-state index contributed by atoms with van der Waals surface area (Å²) in [5.74, 6) is -0.00186. The number of carbonyl (C=O) groups excluding carboxylic acids is 1. The van der Waals surface area contributed by atoms with Gasteiger partial charge in [-0.25, -0.2) is 4.79 Å². The Kier molecular flexibility index (Phi) is 6.24. The maximum atomic E-state index is 12.8. The number of nitrogens with zero attached hydrogens (tertiary/aromatic N) is 1. The summed E-state index contributed by atoms with van der Waals surface area (Å²) < 4.78 is 16.2. The number of aryl methyl sites for hydroxylation is 2. The first kappa shape index (κ1) is 20.6. The number of esters is 1. The molecule has 0 saturated carbocycles. The molecule has 1 heterocycles. The second-order valence-electron chi connectivity index (χ2n) is 7.18. The van der Waals surface area contributed by atoms with Crippen LogP contribution in [0.3, 0.4) is 0 Å². The van der Waals surface area contributed by atoms with Gasteiger partial charge in [0.2, 0.25) is 0 Å². The molecule has 7 nitrogen and oxygen atoms in total. The van der Waals surface area contributed by atoms with E-state index < -0.39 is 10.9 Å². The lowest BCUT2D eigenvalue weighted by Crippen LogP contribution is -2.15. The average Bonchev–Trinajstić information content (AvgIpc) is 2.81. The Morgan fingerprint density at radius 3 is 2.58 bits per heavy atom. The Hall–Kier alpha value is -3.71. The van der Waals surface area contributed by atoms with Crippen molar-refractivity contribution in [3.05, 3.63) is 105 Å². The number of fused-ring (bicyclic) bond motifs is 1. The van der Waals surface area contributed by atoms with E-state index in [0.29, 0.717) is 28.9 Å². The van der Waals surface area contributed by atoms with E-state index in [9.17, 15) is 14.9 Å². The molecule has 7 heteroatoms. The molecule has 3 aromatic carbocycles. The van der Waals surface area contributed by atoms with Crippen LogP contribution >= 0.6 is 0 Å². The number of carbonyl (C=O) groups is 1. The molecule has 31 heavy (non-hydrogen) atoms. The predicted molar refractivity (Wildman–Crippen MR) is 113 cm³/mol. The Morgan fingerprint density at radius 2 is 1.77 bits per heavy atom. The van der Waals surface area contributed by atoms with Crippen LogP contribution in [0.4, 0.5) is 5.69 Å². The van der Waals surface area contributed by atoms with Crippen molar-refractivity contribution in [1.82, 2.24) is 0 Å². The lowest BCUT2D eigenvalue weighted by atomic mass is 10.00. The summed E-state index contributed by atoms with van der Waals surface area (Å²) in [6, 6.07) is 20.2. The van der Waals surface area contributed by atoms with Gasteiger partial charge in [-0.05, 0) is 30.0 Å². The number of benzene rings is 3. The number of non-ortho nitro benzene ring substituents is 1. The fraction of sp³-hybridized carbons (Fsp3) is 0.208. The van der Waals surface area contributed by atoms with E-state index >= 15 is 0 Å². The van der Waals surface area contributed by atoms with E-state index in [1.165, 1.54) is 17.7 Å². The molecule has 3 aromatic rings. The molecule has 0 bridgehead atoms. The first-order valence-electron chi connectivity index (χ1n) is 9.91. The van der Waals surface area contributed by atoms with Gasteiger partial charge >= 0.3 is 5.97 Å². The minimum atomic E-state index is -0.487. The normalized spacial score (nSPS) is 12.5. The highest BCUT2D eigenvalue weighted by atomic mass is 16.7. The molecule has 158 valence electrons. The first-order chi connectivity index (χ1) is 15.1. The Balaban J connectivity index is 1.50. The van der Waals surface area contributed by atoms with Crippen molar-refractivity contribution >= 4 is 11.7 Å². The van der Waals surface area contributed by atoms with E-state index in [1.807, 2.05) is 30.3 Å². The van der Waals surface area contributed by atoms with Crippen LogP contribution in [0.2, 0.25) is 0 Å². The monoisotopic (exact) mass is 419 g/mol. The van der Waals surface area contributed by atoms with Crippen molar-refractivity contribution in [3.8, 4) is 5.75 Å². The molecular weight excluding hydrogens is 398 g/mol. The minimum absolute atomic E-state index is 0.0497. The molecular formula is C24H21NO6. The Labute approximate surface area is 179 Å². The first-order valence-corrected chi connectivity index (χ1v) is 9.91. The fourth-order valence-corrected chi connectivity index (χ4v) is 3.58. The van der Waals surface area contributed by atoms with E-state index in [1.54, 1.807) is 12.1 Å². The zero-order chi connectivity index (χ0) is 21.6. The molecule has 1 aliphatic heterocycles. The van der Waals surface area contributed by atoms with Crippen molar-refractivity contribution in [2.45, 2.75) is 26.1 Å². The van der Waals surface area contributed by atoms with Crippen LogP contribution in [0.5, 0.6) is 5.75 Å². The smallest absolute Gasteiger partial charge is 0.338 e. The highest BCUT2D eigenvalue weighted by Crippen LogP contribution is 2.33. The third-order valence-corrected chi connectivity index (χ3v) is 5.10. The highest BCUT2D eigenvalue weighted by Gasteiger charge is 2.22. The van der Waals surface area contributed by atoms with Crippen molar-refractivity contribution in [1.29, 1.82) is 0 Å². The minimum Gasteiger partial charge on any atom is -0.467 e. The molecule has 0 N–H and O–H groups in total. The van der Waals surface area contributed by atoms with Crippen LogP contribution in [0.1, 0.15) is 32.6 Å². The lowest BCUT2D eigenvalue weighted by molar-refractivity contribution is -0.385. The van der Waals surface area contributed by atoms with Gasteiger partial charge in [0.25, 0.3) is 5.69 Å². The summed E-state index contributed by atoms with van der Waals surface area (Å²) in [6.07, 6.45) is 1.50. The average molecular weight is 419 g/mol. The van der Waals surface area contributed by atoms with E-state index in [0.717, 1.165) is 12.0 Å². The van der Waals surface area contributed by atoms with Crippen LogP contribution in [0.25, 0.3) is 0 Å².